The van der Waals surface area contributed by atoms with E-state index >= 15 is 0 Å². The number of rotatable bonds is 7. The second-order valence-corrected chi connectivity index (χ2v) is 8.77. The molecule has 0 radical (unpaired) electrons. The van der Waals surface area contributed by atoms with Gasteiger partial charge in [-0.3, -0.25) is 14.5 Å². The summed E-state index contributed by atoms with van der Waals surface area (Å²) in [6, 6.07) is 5.73. The molecule has 0 saturated carbocycles. The zero-order valence-corrected chi connectivity index (χ0v) is 19.0. The van der Waals surface area contributed by atoms with Crippen molar-refractivity contribution in [3.8, 4) is 0 Å². The van der Waals surface area contributed by atoms with Crippen molar-refractivity contribution in [3.05, 3.63) is 53.7 Å². The number of β-lactam (4-membered cyclic amide) rings is 1. The van der Waals surface area contributed by atoms with Gasteiger partial charge in [0.25, 0.3) is 17.3 Å². The fourth-order valence-electron chi connectivity index (χ4n) is 4.05. The largest absolute Gasteiger partial charge is 0.477 e. The summed E-state index contributed by atoms with van der Waals surface area (Å²) in [5, 5.41) is 19.2. The number of carboxylic acid groups (broad SMARTS) is 1. The number of aromatic nitrogens is 2. The van der Waals surface area contributed by atoms with Crippen LogP contribution in [0.5, 0.6) is 0 Å². The number of anilines is 1. The molecule has 1 saturated heterocycles. The fraction of sp³-hybridized carbons (Fsp3) is 0.238. The maximum Gasteiger partial charge on any atom is 0.352 e. The second-order valence-electron chi connectivity index (χ2n) is 7.66. The molecule has 13 nitrogen and oxygen atoms in total. The molecule has 14 heteroatoms. The molecule has 2 amide bonds. The maximum atomic E-state index is 13.0. The Balaban J connectivity index is 1.38. The molecule has 1 fully saturated rings. The van der Waals surface area contributed by atoms with Gasteiger partial charge in [-0.05, 0) is 6.07 Å². The summed E-state index contributed by atoms with van der Waals surface area (Å²) in [7, 11) is 1.25. The minimum Gasteiger partial charge on any atom is -0.477 e. The predicted octanol–water partition coefficient (Wildman–Crippen LogP) is 0.0798. The summed E-state index contributed by atoms with van der Waals surface area (Å²) in [4.78, 5) is 43.9. The van der Waals surface area contributed by atoms with Crippen LogP contribution in [0.15, 0.2) is 62.1 Å². The molecular formula is C21H19N6O7S+. The van der Waals surface area contributed by atoms with E-state index in [1.165, 1.54) is 29.8 Å². The van der Waals surface area contributed by atoms with Gasteiger partial charge in [0.2, 0.25) is 5.88 Å². The molecule has 5 rings (SSSR count). The summed E-state index contributed by atoms with van der Waals surface area (Å²) in [5.74, 6) is -2.19. The molecule has 1 unspecified atom stereocenters. The minimum atomic E-state index is -1.22. The van der Waals surface area contributed by atoms with Crippen LogP contribution < -0.4 is 15.6 Å². The lowest BCUT2D eigenvalue weighted by Gasteiger charge is -2.49. The van der Waals surface area contributed by atoms with E-state index in [4.69, 9.17) is 19.5 Å². The van der Waals surface area contributed by atoms with Gasteiger partial charge in [-0.25, -0.2) is 4.79 Å². The molecule has 2 aliphatic heterocycles. The molecular weight excluding hydrogens is 480 g/mol. The number of hydrogen-bond acceptors (Lipinski definition) is 10. The zero-order valence-electron chi connectivity index (χ0n) is 18.2. The highest BCUT2D eigenvalue weighted by Crippen LogP contribution is 2.40. The molecule has 35 heavy (non-hydrogen) atoms. The third-order valence-corrected chi connectivity index (χ3v) is 6.90. The normalized spacial score (nSPS) is 20.0. The summed E-state index contributed by atoms with van der Waals surface area (Å²) in [5.41, 5.74) is 7.24. The van der Waals surface area contributed by atoms with Gasteiger partial charge in [0.15, 0.2) is 24.0 Å². The topological polar surface area (TPSA) is 177 Å². The van der Waals surface area contributed by atoms with Crippen LogP contribution in [-0.4, -0.2) is 62.9 Å². The maximum absolute atomic E-state index is 13.0. The monoisotopic (exact) mass is 499 g/mol. The van der Waals surface area contributed by atoms with E-state index in [-0.39, 0.29) is 29.5 Å². The molecule has 2 aliphatic rings. The van der Waals surface area contributed by atoms with Crippen molar-refractivity contribution in [1.82, 2.24) is 15.4 Å². The van der Waals surface area contributed by atoms with Crippen LogP contribution in [0.25, 0.3) is 11.1 Å². The van der Waals surface area contributed by atoms with Gasteiger partial charge in [0.1, 0.15) is 29.9 Å². The van der Waals surface area contributed by atoms with Crippen molar-refractivity contribution in [2.75, 3.05) is 18.6 Å². The van der Waals surface area contributed by atoms with Crippen molar-refractivity contribution in [2.45, 2.75) is 18.0 Å². The highest BCUT2D eigenvalue weighted by molar-refractivity contribution is 8.00. The molecule has 3 aromatic heterocycles. The average Bonchev–Trinajstić information content (AvgIpc) is 3.49. The molecule has 4 N–H and O–H groups in total. The number of nitrogens with one attached hydrogen (secondary N) is 1. The fourth-order valence-corrected chi connectivity index (χ4v) is 5.38. The first kappa shape index (κ1) is 22.5. The van der Waals surface area contributed by atoms with Crippen molar-refractivity contribution in [3.63, 3.8) is 0 Å². The van der Waals surface area contributed by atoms with Crippen LogP contribution in [-0.2, 0) is 25.8 Å². The molecule has 2 atom stereocenters. The van der Waals surface area contributed by atoms with Gasteiger partial charge in [0, 0.05) is 29.5 Å². The molecule has 0 bridgehead atoms. The minimum absolute atomic E-state index is 0.0284. The summed E-state index contributed by atoms with van der Waals surface area (Å²) in [6.45, 7) is 0.261. The third kappa shape index (κ3) is 3.86. The van der Waals surface area contributed by atoms with Crippen molar-refractivity contribution in [1.29, 1.82) is 0 Å². The number of pyridine rings is 1. The number of amides is 2. The van der Waals surface area contributed by atoms with Gasteiger partial charge >= 0.3 is 5.97 Å². The van der Waals surface area contributed by atoms with Gasteiger partial charge in [-0.1, -0.05) is 10.3 Å². The molecule has 5 heterocycles. The smallest absolute Gasteiger partial charge is 0.352 e. The average molecular weight is 499 g/mol. The molecule has 3 aromatic rings. The van der Waals surface area contributed by atoms with E-state index in [9.17, 15) is 19.5 Å². The Kier molecular flexibility index (Phi) is 5.64. The van der Waals surface area contributed by atoms with E-state index in [0.29, 0.717) is 16.9 Å². The molecule has 0 aromatic carbocycles. The van der Waals surface area contributed by atoms with Gasteiger partial charge in [-0.15, -0.1) is 11.8 Å². The summed E-state index contributed by atoms with van der Waals surface area (Å²) >= 11 is 1.35. The van der Waals surface area contributed by atoms with Gasteiger partial charge in [-0.2, -0.15) is 4.57 Å². The molecule has 0 aliphatic carbocycles. The second kappa shape index (κ2) is 8.79. The van der Waals surface area contributed by atoms with Crippen molar-refractivity contribution >= 4 is 52.2 Å². The number of thioether (sulfide) groups is 1. The number of nitrogens with zero attached hydrogens (tertiary/aromatic N) is 4. The Morgan fingerprint density at radius 3 is 3.00 bits per heavy atom. The lowest BCUT2D eigenvalue weighted by Crippen LogP contribution is -2.71. The number of fused-ring (bicyclic) bond motifs is 2. The lowest BCUT2D eigenvalue weighted by atomic mass is 10.0. The van der Waals surface area contributed by atoms with Crippen molar-refractivity contribution < 1.29 is 37.8 Å². The van der Waals surface area contributed by atoms with E-state index < -0.39 is 29.2 Å². The van der Waals surface area contributed by atoms with Crippen LogP contribution in [0.3, 0.4) is 0 Å². The number of carbonyl (C=O) groups is 3. The molecule has 0 spiro atoms. The number of aliphatic carboxylic acids is 1. The van der Waals surface area contributed by atoms with Gasteiger partial charge < -0.3 is 29.9 Å². The number of nitrogen functional groups attached to an aromatic ring is 1. The number of oxime groups is 1. The van der Waals surface area contributed by atoms with Crippen LogP contribution in [0.2, 0.25) is 0 Å². The Morgan fingerprint density at radius 1 is 1.46 bits per heavy atom. The van der Waals surface area contributed by atoms with E-state index in [1.54, 1.807) is 18.4 Å². The Bertz CT molecular complexity index is 1410. The van der Waals surface area contributed by atoms with Gasteiger partial charge in [0.05, 0.1) is 6.26 Å². The first-order valence-corrected chi connectivity index (χ1v) is 11.3. The summed E-state index contributed by atoms with van der Waals surface area (Å²) in [6.07, 6.45) is 3.37. The SMILES string of the molecule is CON=C(C(=O)NC1C(=O)N2C(C(=O)O)=C(C[n+]3cccc4occc43)CS[C@@H]12)c1cc(N)on1. The van der Waals surface area contributed by atoms with Crippen LogP contribution in [0, 0.1) is 0 Å². The predicted molar refractivity (Wildman–Crippen MR) is 121 cm³/mol. The highest BCUT2D eigenvalue weighted by atomic mass is 32.2. The standard InChI is InChI=1S/C21H18N6O7S/c1-32-25-15(11-7-14(22)34-24-11)18(28)23-16-19(29)27-17(21(30)31)10(9-35-20(16)27)8-26-5-2-3-13-12(26)4-6-33-13/h2-7,16,20H,8-9H2,1H3,(H3-,22,23,24,28,30,31)/p+1/t16?,20-/m0/s1. The quantitative estimate of drug-likeness (QED) is 0.175. The van der Waals surface area contributed by atoms with Crippen LogP contribution >= 0.6 is 11.8 Å². The van der Waals surface area contributed by atoms with E-state index in [0.717, 1.165) is 5.52 Å². The number of carboxylic acids is 1. The Morgan fingerprint density at radius 2 is 2.29 bits per heavy atom. The Hall–Kier alpha value is -4.33. The van der Waals surface area contributed by atoms with Crippen LogP contribution in [0.1, 0.15) is 5.69 Å². The number of hydrogen-bond donors (Lipinski definition) is 3. The third-order valence-electron chi connectivity index (χ3n) is 5.56. The summed E-state index contributed by atoms with van der Waals surface area (Å²) < 4.78 is 12.0. The number of carbonyl (C=O) groups excluding carboxylic acids is 2. The van der Waals surface area contributed by atoms with Crippen molar-refractivity contribution in [2.24, 2.45) is 5.16 Å². The van der Waals surface area contributed by atoms with Crippen LogP contribution in [0.4, 0.5) is 5.88 Å². The van der Waals surface area contributed by atoms with E-state index in [2.05, 4.69) is 15.6 Å². The highest BCUT2D eigenvalue weighted by Gasteiger charge is 2.55. The zero-order chi connectivity index (χ0) is 24.7. The van der Waals surface area contributed by atoms with E-state index in [1.807, 2.05) is 16.8 Å². The first-order chi connectivity index (χ1) is 16.9. The first-order valence-electron chi connectivity index (χ1n) is 10.3. The molecule has 180 valence electrons. The lowest BCUT2D eigenvalue weighted by molar-refractivity contribution is -0.663. The number of nitrogens with two attached hydrogens (primary N) is 1. The Labute approximate surface area is 201 Å². The number of furan rings is 1.